The number of fused-ring (bicyclic) bond motifs is 1. The Labute approximate surface area is 110 Å². The van der Waals surface area contributed by atoms with Crippen LogP contribution < -0.4 is 0 Å². The fourth-order valence-electron chi connectivity index (χ4n) is 4.23. The molecule has 1 heterocycles. The number of hydrogen-bond donors (Lipinski definition) is 1. The molecule has 0 aromatic carbocycles. The normalized spacial score (nSPS) is 44.2. The van der Waals surface area contributed by atoms with Crippen LogP contribution in [0, 0.1) is 11.3 Å². The van der Waals surface area contributed by atoms with E-state index in [0.29, 0.717) is 18.1 Å². The van der Waals surface area contributed by atoms with Crippen molar-refractivity contribution in [2.24, 2.45) is 11.3 Å². The zero-order chi connectivity index (χ0) is 12.8. The molecule has 0 amide bonds. The number of aliphatic hydroxyl groups is 1. The van der Waals surface area contributed by atoms with Crippen molar-refractivity contribution in [2.45, 2.75) is 64.2 Å². The van der Waals surface area contributed by atoms with Gasteiger partial charge in [-0.2, -0.15) is 0 Å². The van der Waals surface area contributed by atoms with Gasteiger partial charge in [0.15, 0.2) is 0 Å². The first-order valence-electron chi connectivity index (χ1n) is 7.62. The summed E-state index contributed by atoms with van der Waals surface area (Å²) in [6.45, 7) is 7.43. The lowest BCUT2D eigenvalue weighted by atomic mass is 9.87. The average Bonchev–Trinajstić information content (AvgIpc) is 2.90. The van der Waals surface area contributed by atoms with E-state index in [4.69, 9.17) is 4.74 Å². The molecule has 3 aliphatic rings. The van der Waals surface area contributed by atoms with Gasteiger partial charge in [0.25, 0.3) is 0 Å². The van der Waals surface area contributed by atoms with E-state index < -0.39 is 0 Å². The summed E-state index contributed by atoms with van der Waals surface area (Å²) in [4.78, 5) is 2.61. The molecule has 3 fully saturated rings. The topological polar surface area (TPSA) is 32.7 Å². The molecule has 104 valence electrons. The molecule has 4 atom stereocenters. The highest BCUT2D eigenvalue weighted by molar-refractivity contribution is 4.95. The first kappa shape index (κ1) is 12.9. The quantitative estimate of drug-likeness (QED) is 0.817. The Hall–Kier alpha value is -0.120. The Kier molecular flexibility index (Phi) is 3.41. The van der Waals surface area contributed by atoms with Gasteiger partial charge < -0.3 is 9.84 Å². The lowest BCUT2D eigenvalue weighted by molar-refractivity contribution is -0.0682. The maximum absolute atomic E-state index is 10.4. The number of nitrogens with zero attached hydrogens (tertiary/aromatic N) is 1. The molecule has 3 heteroatoms. The second-order valence-electron chi connectivity index (χ2n) is 7.13. The van der Waals surface area contributed by atoms with Gasteiger partial charge in [-0.05, 0) is 43.4 Å². The van der Waals surface area contributed by atoms with Gasteiger partial charge in [0.05, 0.1) is 18.8 Å². The Balaban J connectivity index is 1.62. The van der Waals surface area contributed by atoms with Crippen molar-refractivity contribution >= 4 is 0 Å². The fraction of sp³-hybridized carbons (Fsp3) is 1.00. The molecule has 0 bridgehead atoms. The molecule has 3 nitrogen and oxygen atoms in total. The first-order chi connectivity index (χ1) is 8.58. The lowest BCUT2D eigenvalue weighted by Crippen LogP contribution is -2.51. The summed E-state index contributed by atoms with van der Waals surface area (Å²) >= 11 is 0. The third kappa shape index (κ3) is 2.21. The number of hydrogen-bond acceptors (Lipinski definition) is 3. The first-order valence-corrected chi connectivity index (χ1v) is 7.62. The molecule has 4 unspecified atom stereocenters. The summed E-state index contributed by atoms with van der Waals surface area (Å²) < 4.78 is 5.86. The summed E-state index contributed by atoms with van der Waals surface area (Å²) in [7, 11) is 0. The monoisotopic (exact) mass is 253 g/mol. The number of morpholine rings is 1. The molecular weight excluding hydrogens is 226 g/mol. The lowest BCUT2D eigenvalue weighted by Gasteiger charge is -2.40. The standard InChI is InChI=1S/C15H27NO2/c1-15(2)7-6-11(14(15)17)10-16-8-9-18-13-5-3-4-12(13)16/h11-14,17H,3-10H2,1-2H3. The van der Waals surface area contributed by atoms with Gasteiger partial charge >= 0.3 is 0 Å². The van der Waals surface area contributed by atoms with E-state index >= 15 is 0 Å². The Morgan fingerprint density at radius 2 is 2.11 bits per heavy atom. The molecular formula is C15H27NO2. The largest absolute Gasteiger partial charge is 0.392 e. The third-order valence-corrected chi connectivity index (χ3v) is 5.47. The van der Waals surface area contributed by atoms with Crippen molar-refractivity contribution in [3.63, 3.8) is 0 Å². The molecule has 18 heavy (non-hydrogen) atoms. The molecule has 3 rings (SSSR count). The van der Waals surface area contributed by atoms with Crippen LogP contribution in [0.25, 0.3) is 0 Å². The second-order valence-corrected chi connectivity index (χ2v) is 7.13. The van der Waals surface area contributed by atoms with Crippen LogP contribution in [0.3, 0.4) is 0 Å². The average molecular weight is 253 g/mol. The molecule has 0 aromatic heterocycles. The Bertz CT molecular complexity index is 305. The number of aliphatic hydroxyl groups excluding tert-OH is 1. The highest BCUT2D eigenvalue weighted by Crippen LogP contribution is 2.42. The molecule has 0 aromatic rings. The summed E-state index contributed by atoms with van der Waals surface area (Å²) in [5.41, 5.74) is 0.117. The SMILES string of the molecule is CC1(C)CCC(CN2CCOC3CCCC32)C1O. The van der Waals surface area contributed by atoms with Crippen LogP contribution in [0.15, 0.2) is 0 Å². The number of rotatable bonds is 2. The fourth-order valence-corrected chi connectivity index (χ4v) is 4.23. The Morgan fingerprint density at radius 1 is 1.28 bits per heavy atom. The summed E-state index contributed by atoms with van der Waals surface area (Å²) in [6.07, 6.45) is 6.53. The van der Waals surface area contributed by atoms with Gasteiger partial charge in [0.2, 0.25) is 0 Å². The third-order valence-electron chi connectivity index (χ3n) is 5.47. The van der Waals surface area contributed by atoms with Gasteiger partial charge in [-0.25, -0.2) is 0 Å². The van der Waals surface area contributed by atoms with Gasteiger partial charge in [0, 0.05) is 19.1 Å². The highest BCUT2D eigenvalue weighted by Gasteiger charge is 2.43. The molecule has 0 radical (unpaired) electrons. The van der Waals surface area contributed by atoms with Crippen LogP contribution >= 0.6 is 0 Å². The molecule has 1 saturated heterocycles. The zero-order valence-electron chi connectivity index (χ0n) is 11.8. The van der Waals surface area contributed by atoms with Gasteiger partial charge in [-0.15, -0.1) is 0 Å². The van der Waals surface area contributed by atoms with E-state index in [1.807, 2.05) is 0 Å². The maximum Gasteiger partial charge on any atom is 0.0730 e. The van der Waals surface area contributed by atoms with Crippen LogP contribution in [-0.2, 0) is 4.74 Å². The van der Waals surface area contributed by atoms with E-state index in [-0.39, 0.29) is 11.5 Å². The highest BCUT2D eigenvalue weighted by atomic mass is 16.5. The molecule has 1 N–H and O–H groups in total. The van der Waals surface area contributed by atoms with Gasteiger partial charge in [-0.1, -0.05) is 13.8 Å². The zero-order valence-corrected chi connectivity index (χ0v) is 11.8. The van der Waals surface area contributed by atoms with Crippen LogP contribution in [0.4, 0.5) is 0 Å². The van der Waals surface area contributed by atoms with E-state index in [1.54, 1.807) is 0 Å². The van der Waals surface area contributed by atoms with Crippen LogP contribution in [0.1, 0.15) is 46.0 Å². The minimum absolute atomic E-state index is 0.117. The van der Waals surface area contributed by atoms with Gasteiger partial charge in [0.1, 0.15) is 0 Å². The molecule has 2 aliphatic carbocycles. The second kappa shape index (κ2) is 4.77. The predicted molar refractivity (Wildman–Crippen MR) is 71.5 cm³/mol. The minimum Gasteiger partial charge on any atom is -0.392 e. The van der Waals surface area contributed by atoms with Crippen LogP contribution in [0.2, 0.25) is 0 Å². The molecule has 2 saturated carbocycles. The van der Waals surface area contributed by atoms with E-state index in [1.165, 1.54) is 25.7 Å². The van der Waals surface area contributed by atoms with E-state index in [9.17, 15) is 5.11 Å². The number of ether oxygens (including phenoxy) is 1. The predicted octanol–water partition coefficient (Wildman–Crippen LogP) is 2.04. The minimum atomic E-state index is -0.125. The summed E-state index contributed by atoms with van der Waals surface area (Å²) in [5, 5.41) is 10.4. The van der Waals surface area contributed by atoms with Gasteiger partial charge in [-0.3, -0.25) is 4.90 Å². The van der Waals surface area contributed by atoms with Crippen molar-refractivity contribution in [1.82, 2.24) is 4.90 Å². The maximum atomic E-state index is 10.4. The Morgan fingerprint density at radius 3 is 2.83 bits per heavy atom. The summed E-state index contributed by atoms with van der Waals surface area (Å²) in [5.74, 6) is 0.472. The van der Waals surface area contributed by atoms with Crippen molar-refractivity contribution < 1.29 is 9.84 Å². The van der Waals surface area contributed by atoms with Crippen molar-refractivity contribution in [2.75, 3.05) is 19.7 Å². The van der Waals surface area contributed by atoms with E-state index in [2.05, 4.69) is 18.7 Å². The van der Waals surface area contributed by atoms with E-state index in [0.717, 1.165) is 26.1 Å². The van der Waals surface area contributed by atoms with Crippen molar-refractivity contribution in [1.29, 1.82) is 0 Å². The van der Waals surface area contributed by atoms with Crippen molar-refractivity contribution in [3.05, 3.63) is 0 Å². The van der Waals surface area contributed by atoms with Crippen molar-refractivity contribution in [3.8, 4) is 0 Å². The molecule has 0 spiro atoms. The molecule has 1 aliphatic heterocycles. The summed E-state index contributed by atoms with van der Waals surface area (Å²) in [6, 6.07) is 0.634. The van der Waals surface area contributed by atoms with Crippen LogP contribution in [0.5, 0.6) is 0 Å². The van der Waals surface area contributed by atoms with Crippen LogP contribution in [-0.4, -0.2) is 48.0 Å². The smallest absolute Gasteiger partial charge is 0.0730 e.